The van der Waals surface area contributed by atoms with Crippen LogP contribution in [-0.2, 0) is 10.3 Å². The Balaban J connectivity index is 1.60. The number of guanidine groups is 1. The number of hydrogen-bond acceptors (Lipinski definition) is 6. The van der Waals surface area contributed by atoms with Crippen LogP contribution in [0.4, 0.5) is 5.69 Å². The highest BCUT2D eigenvalue weighted by Crippen LogP contribution is 2.32. The Kier molecular flexibility index (Phi) is 4.07. The van der Waals surface area contributed by atoms with Gasteiger partial charge in [-0.3, -0.25) is 19.5 Å². The molecular weight excluding hydrogens is 358 g/mol. The minimum absolute atomic E-state index is 0.139. The van der Waals surface area contributed by atoms with Crippen LogP contribution >= 0.6 is 0 Å². The summed E-state index contributed by atoms with van der Waals surface area (Å²) < 4.78 is 1.63. The van der Waals surface area contributed by atoms with Crippen LogP contribution in [0.1, 0.15) is 29.5 Å². The lowest BCUT2D eigenvalue weighted by Gasteiger charge is -2.32. The smallest absolute Gasteiger partial charge is 0.276 e. The van der Waals surface area contributed by atoms with Crippen molar-refractivity contribution in [2.24, 2.45) is 10.7 Å². The monoisotopic (exact) mass is 377 g/mol. The van der Waals surface area contributed by atoms with Gasteiger partial charge in [0, 0.05) is 25.1 Å². The summed E-state index contributed by atoms with van der Waals surface area (Å²) in [6.07, 6.45) is 3.48. The van der Waals surface area contributed by atoms with Gasteiger partial charge in [0.2, 0.25) is 5.91 Å². The first-order valence-electron chi connectivity index (χ1n) is 8.70. The van der Waals surface area contributed by atoms with E-state index in [1.165, 1.54) is 4.90 Å². The first-order chi connectivity index (χ1) is 13.4. The van der Waals surface area contributed by atoms with Crippen molar-refractivity contribution in [3.63, 3.8) is 0 Å². The topological polar surface area (TPSA) is 118 Å². The molecule has 0 fully saturated rings. The average Bonchev–Trinajstić information content (AvgIpc) is 3.11. The zero-order chi connectivity index (χ0) is 19.9. The molecule has 4 heterocycles. The first kappa shape index (κ1) is 17.7. The lowest BCUT2D eigenvalue weighted by molar-refractivity contribution is -0.128. The number of anilines is 1. The molecule has 3 aromatic rings. The summed E-state index contributed by atoms with van der Waals surface area (Å²) in [5.74, 6) is -0.343. The van der Waals surface area contributed by atoms with Crippen molar-refractivity contribution in [1.29, 1.82) is 0 Å². The molecular formula is C19H19N7O2. The summed E-state index contributed by atoms with van der Waals surface area (Å²) >= 11 is 0. The molecule has 1 aliphatic heterocycles. The van der Waals surface area contributed by atoms with Crippen molar-refractivity contribution in [1.82, 2.24) is 19.5 Å². The van der Waals surface area contributed by atoms with Gasteiger partial charge < -0.3 is 11.1 Å². The van der Waals surface area contributed by atoms with E-state index in [2.05, 4.69) is 20.4 Å². The van der Waals surface area contributed by atoms with Gasteiger partial charge in [-0.2, -0.15) is 5.10 Å². The number of rotatable bonds is 3. The average molecular weight is 377 g/mol. The second-order valence-electron chi connectivity index (χ2n) is 6.86. The number of nitrogens with two attached hydrogens (primary N) is 1. The molecule has 0 bridgehead atoms. The van der Waals surface area contributed by atoms with Crippen LogP contribution < -0.4 is 11.1 Å². The molecule has 0 aromatic carbocycles. The minimum Gasteiger partial charge on any atom is -0.369 e. The molecule has 28 heavy (non-hydrogen) atoms. The first-order valence-corrected chi connectivity index (χ1v) is 8.70. The van der Waals surface area contributed by atoms with Crippen molar-refractivity contribution >= 4 is 29.0 Å². The molecule has 142 valence electrons. The van der Waals surface area contributed by atoms with Gasteiger partial charge in [-0.25, -0.2) is 9.51 Å². The predicted octanol–water partition coefficient (Wildman–Crippen LogP) is 1.37. The maximum Gasteiger partial charge on any atom is 0.276 e. The Hall–Kier alpha value is -3.75. The number of nitrogens with zero attached hydrogens (tertiary/aromatic N) is 5. The molecule has 0 saturated carbocycles. The largest absolute Gasteiger partial charge is 0.369 e. The maximum absolute atomic E-state index is 12.6. The van der Waals surface area contributed by atoms with Crippen LogP contribution in [0, 0.1) is 0 Å². The fourth-order valence-corrected chi connectivity index (χ4v) is 3.10. The van der Waals surface area contributed by atoms with Crippen LogP contribution in [0.2, 0.25) is 0 Å². The third-order valence-electron chi connectivity index (χ3n) is 4.75. The summed E-state index contributed by atoms with van der Waals surface area (Å²) in [6.45, 7) is 1.79. The van der Waals surface area contributed by atoms with E-state index in [0.717, 1.165) is 5.52 Å². The SMILES string of the molecule is CN1C(=O)CC(C)(c2cc(NC(=O)c3cc4ccccn4n3)ccn2)N=C1N. The zero-order valence-electron chi connectivity index (χ0n) is 15.5. The fourth-order valence-electron chi connectivity index (χ4n) is 3.10. The van der Waals surface area contributed by atoms with Gasteiger partial charge in [0.1, 0.15) is 5.54 Å². The van der Waals surface area contributed by atoms with Crippen LogP contribution in [0.5, 0.6) is 0 Å². The van der Waals surface area contributed by atoms with Crippen molar-refractivity contribution < 1.29 is 9.59 Å². The highest BCUT2D eigenvalue weighted by atomic mass is 16.2. The summed E-state index contributed by atoms with van der Waals surface area (Å²) in [4.78, 5) is 34.9. The standard InChI is InChI=1S/C19H19N7O2/c1-19(11-16(27)25(2)18(20)23-19)15-9-12(6-7-21-15)22-17(28)14-10-13-5-3-4-8-26(13)24-14/h3-10H,11H2,1-2H3,(H2,20,23)(H,21,22,28). The van der Waals surface area contributed by atoms with Gasteiger partial charge in [-0.05, 0) is 37.3 Å². The van der Waals surface area contributed by atoms with Crippen molar-refractivity contribution in [2.75, 3.05) is 12.4 Å². The fraction of sp³-hybridized carbons (Fsp3) is 0.211. The number of carbonyl (C=O) groups excluding carboxylic acids is 2. The number of amides is 2. The van der Waals surface area contributed by atoms with E-state index in [4.69, 9.17) is 5.73 Å². The minimum atomic E-state index is -0.891. The molecule has 3 N–H and O–H groups in total. The number of hydrogen-bond donors (Lipinski definition) is 2. The number of fused-ring (bicyclic) bond motifs is 1. The molecule has 9 heteroatoms. The Morgan fingerprint density at radius 1 is 1.29 bits per heavy atom. The molecule has 0 saturated heterocycles. The predicted molar refractivity (Wildman–Crippen MR) is 104 cm³/mol. The quantitative estimate of drug-likeness (QED) is 0.715. The van der Waals surface area contributed by atoms with Crippen LogP contribution in [-0.4, -0.2) is 44.3 Å². The van der Waals surface area contributed by atoms with Crippen LogP contribution in [0.15, 0.2) is 53.8 Å². The van der Waals surface area contributed by atoms with Gasteiger partial charge in [-0.15, -0.1) is 0 Å². The molecule has 3 aromatic heterocycles. The van der Waals surface area contributed by atoms with Crippen molar-refractivity contribution in [3.05, 3.63) is 60.2 Å². The van der Waals surface area contributed by atoms with E-state index in [1.54, 1.807) is 49.1 Å². The summed E-state index contributed by atoms with van der Waals surface area (Å²) in [5.41, 5.74) is 7.17. The Morgan fingerprint density at radius 3 is 2.86 bits per heavy atom. The van der Waals surface area contributed by atoms with Gasteiger partial charge in [0.25, 0.3) is 5.91 Å². The number of nitrogens with one attached hydrogen (secondary N) is 1. The summed E-state index contributed by atoms with van der Waals surface area (Å²) in [6, 6.07) is 10.7. The molecule has 0 spiro atoms. The van der Waals surface area contributed by atoms with Gasteiger partial charge in [0.15, 0.2) is 11.7 Å². The third-order valence-corrected chi connectivity index (χ3v) is 4.75. The number of aromatic nitrogens is 3. The molecule has 1 atom stereocenters. The maximum atomic E-state index is 12.6. The van der Waals surface area contributed by atoms with Gasteiger partial charge in [-0.1, -0.05) is 6.07 Å². The van der Waals surface area contributed by atoms with E-state index in [9.17, 15) is 9.59 Å². The lowest BCUT2D eigenvalue weighted by Crippen LogP contribution is -2.47. The number of carbonyl (C=O) groups is 2. The van der Waals surface area contributed by atoms with Gasteiger partial charge >= 0.3 is 0 Å². The Labute approximate surface area is 160 Å². The summed E-state index contributed by atoms with van der Waals surface area (Å²) in [7, 11) is 1.58. The van der Waals surface area contributed by atoms with E-state index in [0.29, 0.717) is 17.1 Å². The van der Waals surface area contributed by atoms with E-state index in [-0.39, 0.29) is 24.2 Å². The highest BCUT2D eigenvalue weighted by Gasteiger charge is 2.37. The van der Waals surface area contributed by atoms with Gasteiger partial charge in [0.05, 0.1) is 17.6 Å². The second kappa shape index (κ2) is 6.45. The van der Waals surface area contributed by atoms with E-state index in [1.807, 2.05) is 18.2 Å². The van der Waals surface area contributed by atoms with Crippen LogP contribution in [0.3, 0.4) is 0 Å². The normalized spacial score (nSPS) is 19.6. The second-order valence-corrected chi connectivity index (χ2v) is 6.86. The number of aliphatic imine (C=N–C) groups is 1. The van der Waals surface area contributed by atoms with Crippen molar-refractivity contribution in [3.8, 4) is 0 Å². The van der Waals surface area contributed by atoms with E-state index >= 15 is 0 Å². The number of pyridine rings is 2. The third kappa shape index (κ3) is 3.07. The molecule has 9 nitrogen and oxygen atoms in total. The van der Waals surface area contributed by atoms with Crippen LogP contribution in [0.25, 0.3) is 5.52 Å². The molecule has 4 rings (SSSR count). The zero-order valence-corrected chi connectivity index (χ0v) is 15.5. The Morgan fingerprint density at radius 2 is 2.11 bits per heavy atom. The highest BCUT2D eigenvalue weighted by molar-refractivity contribution is 6.03. The molecule has 0 radical (unpaired) electrons. The molecule has 2 amide bonds. The van der Waals surface area contributed by atoms with E-state index < -0.39 is 5.54 Å². The molecule has 0 aliphatic carbocycles. The summed E-state index contributed by atoms with van der Waals surface area (Å²) in [5, 5.41) is 7.08. The molecule has 1 aliphatic rings. The molecule has 1 unspecified atom stereocenters. The van der Waals surface area contributed by atoms with Crippen molar-refractivity contribution in [2.45, 2.75) is 18.9 Å². The Bertz CT molecular complexity index is 1090. The lowest BCUT2D eigenvalue weighted by atomic mass is 9.91.